The lowest BCUT2D eigenvalue weighted by Crippen LogP contribution is -2.10. The number of carboxylic acids is 1. The van der Waals surface area contributed by atoms with E-state index in [9.17, 15) is 9.59 Å². The summed E-state index contributed by atoms with van der Waals surface area (Å²) in [5, 5.41) is 9.03. The van der Waals surface area contributed by atoms with Crippen LogP contribution in [0.5, 0.6) is 11.6 Å². The van der Waals surface area contributed by atoms with Gasteiger partial charge in [0.1, 0.15) is 11.3 Å². The molecule has 0 aliphatic heterocycles. The highest BCUT2D eigenvalue weighted by Gasteiger charge is 2.14. The van der Waals surface area contributed by atoms with Crippen LogP contribution in [0.4, 0.5) is 0 Å². The minimum Gasteiger partial charge on any atom is -0.478 e. The molecule has 2 rings (SSSR count). The number of hydrogen-bond acceptors (Lipinski definition) is 4. The normalized spacial score (nSPS) is 10.1. The Morgan fingerprint density at radius 1 is 1.44 bits per heavy atom. The van der Waals surface area contributed by atoms with Crippen LogP contribution >= 0.6 is 15.9 Å². The van der Waals surface area contributed by atoms with Gasteiger partial charge in [-0.1, -0.05) is 15.9 Å². The Morgan fingerprint density at radius 2 is 2.22 bits per heavy atom. The van der Waals surface area contributed by atoms with Gasteiger partial charge < -0.3 is 14.8 Å². The Bertz CT molecular complexity index is 653. The maximum Gasteiger partial charge on any atom is 0.339 e. The molecule has 2 N–H and O–H groups in total. The topological polar surface area (TPSA) is 92.3 Å². The summed E-state index contributed by atoms with van der Waals surface area (Å²) in [7, 11) is 0. The number of aromatic nitrogens is 2. The largest absolute Gasteiger partial charge is 0.478 e. The number of halogens is 1. The Hall–Kier alpha value is -2.15. The van der Waals surface area contributed by atoms with Crippen molar-refractivity contribution in [2.45, 2.75) is 0 Å². The number of hydrogen-bond donors (Lipinski definition) is 2. The van der Waals surface area contributed by atoms with Crippen LogP contribution < -0.4 is 10.3 Å². The summed E-state index contributed by atoms with van der Waals surface area (Å²) in [4.78, 5) is 28.5. The van der Waals surface area contributed by atoms with Gasteiger partial charge in [-0.2, -0.15) is 0 Å². The molecule has 1 heterocycles. The third-order valence-electron chi connectivity index (χ3n) is 2.05. The van der Waals surface area contributed by atoms with E-state index in [0.717, 1.165) is 0 Å². The van der Waals surface area contributed by atoms with Crippen molar-refractivity contribution in [3.05, 3.63) is 51.0 Å². The van der Waals surface area contributed by atoms with E-state index in [4.69, 9.17) is 9.84 Å². The summed E-state index contributed by atoms with van der Waals surface area (Å²) in [5.41, 5.74) is -0.591. The summed E-state index contributed by atoms with van der Waals surface area (Å²) in [5.74, 6) is -1.31. The van der Waals surface area contributed by atoms with E-state index in [0.29, 0.717) is 4.47 Å². The highest BCUT2D eigenvalue weighted by Crippen LogP contribution is 2.25. The van der Waals surface area contributed by atoms with Crippen LogP contribution in [0.15, 0.2) is 39.9 Å². The predicted molar refractivity (Wildman–Crippen MR) is 66.0 cm³/mol. The lowest BCUT2D eigenvalue weighted by molar-refractivity contribution is 0.0694. The van der Waals surface area contributed by atoms with Gasteiger partial charge in [0.25, 0.3) is 5.88 Å². The second-order valence-corrected chi connectivity index (χ2v) is 4.19. The highest BCUT2D eigenvalue weighted by molar-refractivity contribution is 9.10. The third-order valence-corrected chi connectivity index (χ3v) is 2.55. The van der Waals surface area contributed by atoms with Gasteiger partial charge >= 0.3 is 11.5 Å². The van der Waals surface area contributed by atoms with E-state index in [1.54, 1.807) is 6.07 Å². The first-order chi connectivity index (χ1) is 8.58. The zero-order valence-electron chi connectivity index (χ0n) is 8.88. The second-order valence-electron chi connectivity index (χ2n) is 3.27. The lowest BCUT2D eigenvalue weighted by Gasteiger charge is -2.07. The predicted octanol–water partition coefficient (Wildman–Crippen LogP) is 2.02. The Labute approximate surface area is 109 Å². The second kappa shape index (κ2) is 5.01. The Morgan fingerprint density at radius 3 is 2.89 bits per heavy atom. The molecule has 18 heavy (non-hydrogen) atoms. The van der Waals surface area contributed by atoms with Crippen molar-refractivity contribution in [3.63, 3.8) is 0 Å². The van der Waals surface area contributed by atoms with Crippen molar-refractivity contribution in [3.8, 4) is 11.6 Å². The van der Waals surface area contributed by atoms with Gasteiger partial charge in [0.05, 0.1) is 0 Å². The molecule has 2 aromatic rings. The fraction of sp³-hybridized carbons (Fsp3) is 0. The van der Waals surface area contributed by atoms with Crippen molar-refractivity contribution >= 4 is 21.9 Å². The van der Waals surface area contributed by atoms with Gasteiger partial charge in [0.2, 0.25) is 0 Å². The molecule has 0 amide bonds. The van der Waals surface area contributed by atoms with Crippen LogP contribution in [0.3, 0.4) is 0 Å². The van der Waals surface area contributed by atoms with Gasteiger partial charge in [0, 0.05) is 16.9 Å². The molecule has 0 aliphatic carbocycles. The number of H-pyrrole nitrogens is 1. The Kier molecular flexibility index (Phi) is 3.42. The minimum atomic E-state index is -1.15. The van der Waals surface area contributed by atoms with Crippen molar-refractivity contribution in [2.24, 2.45) is 0 Å². The van der Waals surface area contributed by atoms with Crippen LogP contribution in [0.2, 0.25) is 0 Å². The van der Waals surface area contributed by atoms with Crippen molar-refractivity contribution < 1.29 is 14.6 Å². The molecule has 0 aliphatic rings. The summed E-state index contributed by atoms with van der Waals surface area (Å²) in [6.07, 6.45) is 2.70. The molecule has 0 bridgehead atoms. The van der Waals surface area contributed by atoms with Gasteiger partial charge in [-0.15, -0.1) is 0 Å². The molecule has 1 aromatic heterocycles. The summed E-state index contributed by atoms with van der Waals surface area (Å²) in [6, 6.07) is 4.44. The number of carbonyl (C=O) groups is 1. The maximum absolute atomic E-state index is 11.4. The van der Waals surface area contributed by atoms with Gasteiger partial charge in [-0.05, 0) is 18.2 Å². The average Bonchev–Trinajstić information content (AvgIpc) is 2.34. The van der Waals surface area contributed by atoms with Crippen LogP contribution in [0.25, 0.3) is 0 Å². The number of aromatic carboxylic acids is 1. The zero-order valence-corrected chi connectivity index (χ0v) is 10.5. The first-order valence-electron chi connectivity index (χ1n) is 4.82. The monoisotopic (exact) mass is 310 g/mol. The van der Waals surface area contributed by atoms with E-state index in [1.165, 1.54) is 24.5 Å². The third kappa shape index (κ3) is 2.57. The minimum absolute atomic E-state index is 0.0508. The van der Waals surface area contributed by atoms with Crippen LogP contribution in [-0.2, 0) is 0 Å². The molecule has 92 valence electrons. The fourth-order valence-corrected chi connectivity index (χ4v) is 1.63. The van der Waals surface area contributed by atoms with Crippen LogP contribution in [0.1, 0.15) is 10.4 Å². The number of carboxylic acid groups (broad SMARTS) is 1. The van der Waals surface area contributed by atoms with Gasteiger partial charge in [-0.3, -0.25) is 4.79 Å². The summed E-state index contributed by atoms with van der Waals surface area (Å²) < 4.78 is 5.80. The van der Waals surface area contributed by atoms with Gasteiger partial charge in [-0.25, -0.2) is 9.78 Å². The first-order valence-corrected chi connectivity index (χ1v) is 5.61. The van der Waals surface area contributed by atoms with E-state index < -0.39 is 11.5 Å². The smallest absolute Gasteiger partial charge is 0.339 e. The number of aromatic amines is 1. The number of nitrogens with zero attached hydrogens (tertiary/aromatic N) is 1. The molecule has 0 saturated heterocycles. The molecule has 6 nitrogen and oxygen atoms in total. The van der Waals surface area contributed by atoms with Crippen LogP contribution in [0, 0.1) is 0 Å². The number of ether oxygens (including phenoxy) is 1. The molecule has 0 atom stereocenters. The maximum atomic E-state index is 11.4. The molecular formula is C11H7BrN2O4. The zero-order chi connectivity index (χ0) is 13.1. The molecule has 0 unspecified atom stereocenters. The molecule has 7 heteroatoms. The summed E-state index contributed by atoms with van der Waals surface area (Å²) >= 11 is 3.16. The fourth-order valence-electron chi connectivity index (χ4n) is 1.27. The standard InChI is InChI=1S/C11H7BrN2O4/c12-6-1-2-8(7(5-6)11(16)17)18-10-9(15)13-3-4-14-10/h1-5H,(H,13,15)(H,16,17). The highest BCUT2D eigenvalue weighted by atomic mass is 79.9. The molecule has 0 spiro atoms. The quantitative estimate of drug-likeness (QED) is 0.904. The number of rotatable bonds is 3. The number of nitrogens with one attached hydrogen (secondary N) is 1. The van der Waals surface area contributed by atoms with Crippen molar-refractivity contribution in [1.29, 1.82) is 0 Å². The van der Waals surface area contributed by atoms with E-state index in [2.05, 4.69) is 25.9 Å². The van der Waals surface area contributed by atoms with E-state index >= 15 is 0 Å². The molecular weight excluding hydrogens is 304 g/mol. The SMILES string of the molecule is O=C(O)c1cc(Br)ccc1Oc1ncc[nH]c1=O. The van der Waals surface area contributed by atoms with E-state index in [1.807, 2.05) is 0 Å². The number of benzene rings is 1. The average molecular weight is 311 g/mol. The molecule has 1 aromatic carbocycles. The lowest BCUT2D eigenvalue weighted by atomic mass is 10.2. The molecule has 0 fully saturated rings. The van der Waals surface area contributed by atoms with Gasteiger partial charge in [0.15, 0.2) is 0 Å². The summed E-state index contributed by atoms with van der Waals surface area (Å²) in [6.45, 7) is 0. The Balaban J connectivity index is 2.44. The molecule has 0 radical (unpaired) electrons. The first kappa shape index (κ1) is 12.3. The molecule has 0 saturated carbocycles. The van der Waals surface area contributed by atoms with Crippen molar-refractivity contribution in [1.82, 2.24) is 9.97 Å². The van der Waals surface area contributed by atoms with Crippen LogP contribution in [-0.4, -0.2) is 21.0 Å². The van der Waals surface area contributed by atoms with Crippen molar-refractivity contribution in [2.75, 3.05) is 0 Å². The van der Waals surface area contributed by atoms with E-state index in [-0.39, 0.29) is 17.2 Å².